The molecular weight excluding hydrogens is 286 g/mol. The number of nitrogens with one attached hydrogen (secondary N) is 2. The number of hydrogen-bond donors (Lipinski definition) is 3. The highest BCUT2D eigenvalue weighted by Crippen LogP contribution is 2.22. The third-order valence-electron chi connectivity index (χ3n) is 3.34. The Morgan fingerprint density at radius 1 is 1.19 bits per heavy atom. The lowest BCUT2D eigenvalue weighted by atomic mass is 10.2. The molecule has 5 heteroatoms. The summed E-state index contributed by atoms with van der Waals surface area (Å²) >= 11 is 5.95. The fraction of sp³-hybridized carbons (Fsp3) is 0.0625. The topological polar surface area (TPSA) is 70.9 Å². The molecule has 0 saturated heterocycles. The quantitative estimate of drug-likeness (QED) is 0.627. The van der Waals surface area contributed by atoms with Crippen LogP contribution in [0.5, 0.6) is 0 Å². The lowest BCUT2D eigenvalue weighted by Crippen LogP contribution is -2.13. The third-order valence-corrected chi connectivity index (χ3v) is 3.57. The van der Waals surface area contributed by atoms with Crippen molar-refractivity contribution in [1.82, 2.24) is 4.98 Å². The standard InChI is InChI=1S/C16H14ClN3O/c1-9-2-3-11(17)8-14(9)20-16(21)15-7-10-6-12(18)4-5-13(10)19-15/h2-8,19H,18H2,1H3,(H,20,21). The summed E-state index contributed by atoms with van der Waals surface area (Å²) in [5, 5.41) is 4.35. The van der Waals surface area contributed by atoms with Crippen molar-refractivity contribution in [2.75, 3.05) is 11.1 Å². The van der Waals surface area contributed by atoms with E-state index in [1.165, 1.54) is 0 Å². The highest BCUT2D eigenvalue weighted by Gasteiger charge is 2.11. The van der Waals surface area contributed by atoms with Crippen molar-refractivity contribution in [3.05, 3.63) is 58.7 Å². The second-order valence-corrected chi connectivity index (χ2v) is 5.38. The van der Waals surface area contributed by atoms with Crippen LogP contribution >= 0.6 is 11.6 Å². The molecule has 0 aliphatic carbocycles. The number of hydrogen-bond acceptors (Lipinski definition) is 2. The van der Waals surface area contributed by atoms with Crippen LogP contribution in [0.25, 0.3) is 10.9 Å². The predicted molar refractivity (Wildman–Crippen MR) is 86.9 cm³/mol. The number of carbonyl (C=O) groups excluding carboxylic acids is 1. The number of H-pyrrole nitrogens is 1. The van der Waals surface area contributed by atoms with Gasteiger partial charge in [-0.1, -0.05) is 17.7 Å². The maximum atomic E-state index is 12.3. The van der Waals surface area contributed by atoms with E-state index in [1.54, 1.807) is 24.3 Å². The minimum absolute atomic E-state index is 0.213. The van der Waals surface area contributed by atoms with E-state index in [-0.39, 0.29) is 5.91 Å². The largest absolute Gasteiger partial charge is 0.399 e. The average Bonchev–Trinajstić information content (AvgIpc) is 2.86. The molecule has 0 aliphatic rings. The Hall–Kier alpha value is -2.46. The van der Waals surface area contributed by atoms with Crippen LogP contribution < -0.4 is 11.1 Å². The summed E-state index contributed by atoms with van der Waals surface area (Å²) in [6.45, 7) is 1.91. The first-order valence-corrected chi connectivity index (χ1v) is 6.86. The molecule has 0 fully saturated rings. The minimum atomic E-state index is -0.213. The van der Waals surface area contributed by atoms with Gasteiger partial charge in [-0.15, -0.1) is 0 Å². The van der Waals surface area contributed by atoms with Gasteiger partial charge in [0.05, 0.1) is 0 Å². The number of aryl methyl sites for hydroxylation is 1. The number of halogens is 1. The Labute approximate surface area is 126 Å². The molecule has 1 aromatic heterocycles. The van der Waals surface area contributed by atoms with E-state index in [0.29, 0.717) is 22.1 Å². The molecule has 3 rings (SSSR count). The average molecular weight is 300 g/mol. The summed E-state index contributed by atoms with van der Waals surface area (Å²) in [5.74, 6) is -0.213. The first-order valence-electron chi connectivity index (χ1n) is 6.49. The Morgan fingerprint density at radius 2 is 2.00 bits per heavy atom. The normalized spacial score (nSPS) is 10.8. The molecule has 21 heavy (non-hydrogen) atoms. The van der Waals surface area contributed by atoms with Gasteiger partial charge >= 0.3 is 0 Å². The van der Waals surface area contributed by atoms with Crippen LogP contribution in [-0.2, 0) is 0 Å². The van der Waals surface area contributed by atoms with Crippen molar-refractivity contribution >= 4 is 39.8 Å². The van der Waals surface area contributed by atoms with Crippen LogP contribution in [0.2, 0.25) is 5.02 Å². The molecule has 0 aliphatic heterocycles. The highest BCUT2D eigenvalue weighted by atomic mass is 35.5. The molecule has 0 radical (unpaired) electrons. The van der Waals surface area contributed by atoms with Crippen LogP contribution in [0.1, 0.15) is 16.1 Å². The van der Waals surface area contributed by atoms with Crippen LogP contribution in [-0.4, -0.2) is 10.9 Å². The summed E-state index contributed by atoms with van der Waals surface area (Å²) in [7, 11) is 0. The van der Waals surface area contributed by atoms with E-state index in [1.807, 2.05) is 25.1 Å². The van der Waals surface area contributed by atoms with Crippen molar-refractivity contribution in [3.8, 4) is 0 Å². The van der Waals surface area contributed by atoms with E-state index < -0.39 is 0 Å². The number of fused-ring (bicyclic) bond motifs is 1. The minimum Gasteiger partial charge on any atom is -0.399 e. The molecule has 0 spiro atoms. The van der Waals surface area contributed by atoms with Crippen LogP contribution in [0.3, 0.4) is 0 Å². The third kappa shape index (κ3) is 2.71. The summed E-state index contributed by atoms with van der Waals surface area (Å²) in [6, 6.07) is 12.6. The van der Waals surface area contributed by atoms with Gasteiger partial charge in [-0.25, -0.2) is 0 Å². The molecule has 2 aromatic carbocycles. The van der Waals surface area contributed by atoms with E-state index >= 15 is 0 Å². The number of rotatable bonds is 2. The predicted octanol–water partition coefficient (Wildman–Crippen LogP) is 3.96. The van der Waals surface area contributed by atoms with Crippen molar-refractivity contribution in [2.24, 2.45) is 0 Å². The summed E-state index contributed by atoms with van der Waals surface area (Å²) in [6.07, 6.45) is 0. The molecule has 1 amide bonds. The van der Waals surface area contributed by atoms with Gasteiger partial charge in [-0.05, 0) is 48.9 Å². The molecule has 0 unspecified atom stereocenters. The van der Waals surface area contributed by atoms with Crippen molar-refractivity contribution < 1.29 is 4.79 Å². The van der Waals surface area contributed by atoms with Gasteiger partial charge in [0, 0.05) is 27.3 Å². The van der Waals surface area contributed by atoms with E-state index in [0.717, 1.165) is 16.5 Å². The molecule has 0 atom stereocenters. The maximum absolute atomic E-state index is 12.3. The number of nitrogen functional groups attached to an aromatic ring is 1. The van der Waals surface area contributed by atoms with Gasteiger partial charge in [-0.2, -0.15) is 0 Å². The van der Waals surface area contributed by atoms with Gasteiger partial charge in [-0.3, -0.25) is 4.79 Å². The molecular formula is C16H14ClN3O. The van der Waals surface area contributed by atoms with Gasteiger partial charge < -0.3 is 16.0 Å². The zero-order valence-corrected chi connectivity index (χ0v) is 12.2. The fourth-order valence-corrected chi connectivity index (χ4v) is 2.36. The first-order chi connectivity index (χ1) is 10.0. The second-order valence-electron chi connectivity index (χ2n) is 4.94. The lowest BCUT2D eigenvalue weighted by Gasteiger charge is -2.07. The van der Waals surface area contributed by atoms with Crippen LogP contribution in [0.15, 0.2) is 42.5 Å². The lowest BCUT2D eigenvalue weighted by molar-refractivity contribution is 0.102. The summed E-state index contributed by atoms with van der Waals surface area (Å²) < 4.78 is 0. The van der Waals surface area contributed by atoms with Crippen molar-refractivity contribution in [3.63, 3.8) is 0 Å². The van der Waals surface area contributed by atoms with Crippen LogP contribution in [0.4, 0.5) is 11.4 Å². The maximum Gasteiger partial charge on any atom is 0.272 e. The Kier molecular flexibility index (Phi) is 3.31. The van der Waals surface area contributed by atoms with Gasteiger partial charge in [0.1, 0.15) is 5.69 Å². The zero-order chi connectivity index (χ0) is 15.0. The number of anilines is 2. The smallest absolute Gasteiger partial charge is 0.272 e. The van der Waals surface area contributed by atoms with Gasteiger partial charge in [0.25, 0.3) is 5.91 Å². The molecule has 1 heterocycles. The molecule has 3 aromatic rings. The fourth-order valence-electron chi connectivity index (χ4n) is 2.19. The number of nitrogens with two attached hydrogens (primary N) is 1. The Bertz CT molecular complexity index is 839. The summed E-state index contributed by atoms with van der Waals surface area (Å²) in [5.41, 5.74) is 9.41. The Balaban J connectivity index is 1.91. The van der Waals surface area contributed by atoms with Crippen molar-refractivity contribution in [2.45, 2.75) is 6.92 Å². The number of benzene rings is 2. The number of aromatic amines is 1. The van der Waals surface area contributed by atoms with Gasteiger partial charge in [0.15, 0.2) is 0 Å². The number of carbonyl (C=O) groups is 1. The molecule has 0 saturated carbocycles. The molecule has 4 N–H and O–H groups in total. The SMILES string of the molecule is Cc1ccc(Cl)cc1NC(=O)c1cc2cc(N)ccc2[nH]1. The first kappa shape index (κ1) is 13.5. The van der Waals surface area contributed by atoms with Gasteiger partial charge in [0.2, 0.25) is 0 Å². The zero-order valence-electron chi connectivity index (χ0n) is 11.4. The van der Waals surface area contributed by atoms with Crippen LogP contribution in [0, 0.1) is 6.92 Å². The van der Waals surface area contributed by atoms with E-state index in [4.69, 9.17) is 17.3 Å². The number of aromatic nitrogens is 1. The summed E-state index contributed by atoms with van der Waals surface area (Å²) in [4.78, 5) is 15.4. The monoisotopic (exact) mass is 299 g/mol. The second kappa shape index (κ2) is 5.14. The highest BCUT2D eigenvalue weighted by molar-refractivity contribution is 6.31. The van der Waals surface area contributed by atoms with Crippen molar-refractivity contribution in [1.29, 1.82) is 0 Å². The number of amides is 1. The molecule has 0 bridgehead atoms. The van der Waals surface area contributed by atoms with E-state index in [9.17, 15) is 4.79 Å². The molecule has 106 valence electrons. The van der Waals surface area contributed by atoms with E-state index in [2.05, 4.69) is 10.3 Å². The molecule has 4 nitrogen and oxygen atoms in total. The Morgan fingerprint density at radius 3 is 2.81 bits per heavy atom.